The number of hydrogen-bond donors (Lipinski definition) is 0. The van der Waals surface area contributed by atoms with Gasteiger partial charge in [0, 0.05) is 27.3 Å². The van der Waals surface area contributed by atoms with Gasteiger partial charge in [-0.1, -0.05) is 104 Å². The molecule has 1 amide bonds. The first-order valence-corrected chi connectivity index (χ1v) is 10.3. The van der Waals surface area contributed by atoms with Crippen molar-refractivity contribution in [3.8, 4) is 0 Å². The number of carbonyl (C=O) groups excluding carboxylic acids is 1. The Kier molecular flexibility index (Phi) is 25.4. The fraction of sp³-hybridized carbons (Fsp3) is 0.185. The summed E-state index contributed by atoms with van der Waals surface area (Å²) in [5, 5.41) is 15.2. The van der Waals surface area contributed by atoms with Crippen LogP contribution in [0.3, 0.4) is 0 Å². The molecule has 0 aliphatic carbocycles. The predicted octanol–water partition coefficient (Wildman–Crippen LogP) is 4.38. The molecule has 3 rings (SSSR count). The standard InChI is InChI=1S/C9H16N2O4.3C6H5.Pb/c1-4-7-11(9(13)15-6-3)10-8(12)14-5-2;3*1-2-4-6-5-3-1;/h4H,1,5-7H2,2-3H3,(H,10,12);3*1-5H;/p-1. The second-order valence-electron chi connectivity index (χ2n) is 5.60. The predicted molar refractivity (Wildman–Crippen MR) is 135 cm³/mol. The Labute approximate surface area is 223 Å². The van der Waals surface area contributed by atoms with Crippen LogP contribution in [0.25, 0.3) is 0 Å². The van der Waals surface area contributed by atoms with Crippen molar-refractivity contribution in [3.63, 3.8) is 0 Å². The van der Waals surface area contributed by atoms with Crippen LogP contribution in [0.5, 0.6) is 0 Å². The maximum atomic E-state index is 11.2. The van der Waals surface area contributed by atoms with Gasteiger partial charge in [0.25, 0.3) is 0 Å². The fourth-order valence-electron chi connectivity index (χ4n) is 1.75. The molecule has 7 radical (unpaired) electrons. The van der Waals surface area contributed by atoms with Gasteiger partial charge in [0.1, 0.15) is 0 Å². The van der Waals surface area contributed by atoms with E-state index in [9.17, 15) is 9.90 Å². The number of hydrogen-bond acceptors (Lipinski definition) is 5. The van der Waals surface area contributed by atoms with Crippen molar-refractivity contribution in [1.82, 2.24) is 5.01 Å². The van der Waals surface area contributed by atoms with Crippen LogP contribution < -0.4 is 5.11 Å². The van der Waals surface area contributed by atoms with E-state index in [1.54, 1.807) is 13.8 Å². The zero-order chi connectivity index (χ0) is 24.4. The molecule has 0 aliphatic rings. The Balaban J connectivity index is 0. The van der Waals surface area contributed by atoms with Crippen molar-refractivity contribution in [2.24, 2.45) is 5.10 Å². The third-order valence-corrected chi connectivity index (χ3v) is 3.07. The minimum absolute atomic E-state index is 0. The van der Waals surface area contributed by atoms with E-state index in [0.717, 1.165) is 5.01 Å². The van der Waals surface area contributed by atoms with Gasteiger partial charge in [-0.3, -0.25) is 0 Å². The normalized spacial score (nSPS) is 8.94. The molecule has 0 saturated carbocycles. The summed E-state index contributed by atoms with van der Waals surface area (Å²) < 4.78 is 9.23. The van der Waals surface area contributed by atoms with Crippen LogP contribution in [0.2, 0.25) is 0 Å². The van der Waals surface area contributed by atoms with E-state index < -0.39 is 12.2 Å². The molecule has 3 aromatic rings. The Hall–Kier alpha value is -3.14. The minimum atomic E-state index is -0.826. The Morgan fingerprint density at radius 3 is 1.44 bits per heavy atom. The quantitative estimate of drug-likeness (QED) is 0.135. The smallest absolute Gasteiger partial charge is 0.430 e. The van der Waals surface area contributed by atoms with Crippen LogP contribution >= 0.6 is 0 Å². The van der Waals surface area contributed by atoms with Gasteiger partial charge in [-0.25, -0.2) is 4.79 Å². The molecule has 3 aromatic carbocycles. The van der Waals surface area contributed by atoms with Gasteiger partial charge in [-0.05, 0) is 31.7 Å². The van der Waals surface area contributed by atoms with E-state index in [-0.39, 0.29) is 47.1 Å². The third-order valence-electron chi connectivity index (χ3n) is 3.07. The summed E-state index contributed by atoms with van der Waals surface area (Å²) in [7, 11) is 0. The number of rotatable bonds is 5. The zero-order valence-corrected chi connectivity index (χ0v) is 23.5. The minimum Gasteiger partial charge on any atom is -0.599 e. The van der Waals surface area contributed by atoms with Crippen molar-refractivity contribution < 1.29 is 19.4 Å². The monoisotopic (exact) mass is 654 g/mol. The fourth-order valence-corrected chi connectivity index (χ4v) is 1.75. The number of nitrogens with zero attached hydrogens (tertiary/aromatic N) is 2. The van der Waals surface area contributed by atoms with Gasteiger partial charge < -0.3 is 14.6 Å². The molecule has 0 spiro atoms. The zero-order valence-electron chi connectivity index (χ0n) is 19.6. The Bertz CT molecular complexity index is 680. The van der Waals surface area contributed by atoms with Gasteiger partial charge in [-0.2, -0.15) is 10.1 Å². The molecule has 0 heterocycles. The summed E-state index contributed by atoms with van der Waals surface area (Å²) in [4.78, 5) is 11.2. The molecule has 0 atom stereocenters. The average molecular weight is 654 g/mol. The van der Waals surface area contributed by atoms with E-state index in [2.05, 4.69) is 39.4 Å². The molecule has 177 valence electrons. The Morgan fingerprint density at radius 1 is 0.824 bits per heavy atom. The molecule has 0 bridgehead atoms. The molecule has 0 fully saturated rings. The van der Waals surface area contributed by atoms with Crippen LogP contribution in [0.4, 0.5) is 4.79 Å². The molecule has 6 nitrogen and oxygen atoms in total. The first kappa shape index (κ1) is 33.0. The van der Waals surface area contributed by atoms with Gasteiger partial charge in [0.15, 0.2) is 6.08 Å². The van der Waals surface area contributed by atoms with Crippen molar-refractivity contribution in [3.05, 3.63) is 122 Å². The summed E-state index contributed by atoms with van der Waals surface area (Å²) in [6.45, 7) is 7.25. The van der Waals surface area contributed by atoms with Gasteiger partial charge in [-0.15, -0.1) is 6.58 Å². The van der Waals surface area contributed by atoms with Crippen LogP contribution in [0, 0.1) is 18.2 Å². The average Bonchev–Trinajstić information content (AvgIpc) is 2.88. The van der Waals surface area contributed by atoms with Gasteiger partial charge in [0.2, 0.25) is 0 Å². The number of ether oxygens (including phenoxy) is 2. The number of hydrazone groups is 1. The van der Waals surface area contributed by atoms with Crippen LogP contribution in [0.1, 0.15) is 13.8 Å². The summed E-state index contributed by atoms with van der Waals surface area (Å²) in [6.07, 6.45) is -0.0996. The second kappa shape index (κ2) is 26.1. The third kappa shape index (κ3) is 22.1. The molecule has 0 N–H and O–H groups in total. The van der Waals surface area contributed by atoms with E-state index in [0.29, 0.717) is 0 Å². The molecule has 0 saturated heterocycles. The van der Waals surface area contributed by atoms with Gasteiger partial charge >= 0.3 is 6.09 Å². The van der Waals surface area contributed by atoms with Crippen molar-refractivity contribution >= 4 is 39.5 Å². The molecule has 0 aliphatic heterocycles. The molecule has 34 heavy (non-hydrogen) atoms. The molecule has 0 unspecified atom stereocenters. The maximum Gasteiger partial charge on any atom is 0.430 e. The summed E-state index contributed by atoms with van der Waals surface area (Å²) >= 11 is 0. The van der Waals surface area contributed by atoms with Gasteiger partial charge in [0.05, 0.1) is 13.2 Å². The van der Waals surface area contributed by atoms with E-state index in [4.69, 9.17) is 0 Å². The summed E-state index contributed by atoms with van der Waals surface area (Å²) in [5.74, 6) is 0. The molecular formula is C27H30N2O4Pb-. The number of benzene rings is 3. The molecule has 7 heteroatoms. The van der Waals surface area contributed by atoms with Crippen molar-refractivity contribution in [1.29, 1.82) is 0 Å². The van der Waals surface area contributed by atoms with E-state index in [1.165, 1.54) is 6.08 Å². The van der Waals surface area contributed by atoms with E-state index in [1.807, 2.05) is 91.0 Å². The number of carbonyl (C=O) groups is 1. The molecule has 0 aromatic heterocycles. The SMILES string of the molecule is C=CCN(N=C([O-])OCC)C(=O)OCC.[Pb].[c]1ccccc1.[c]1ccccc1.[c]1ccccc1. The second-order valence-corrected chi connectivity index (χ2v) is 5.60. The summed E-state index contributed by atoms with van der Waals surface area (Å²) in [5.41, 5.74) is 0. The van der Waals surface area contributed by atoms with E-state index >= 15 is 0 Å². The summed E-state index contributed by atoms with van der Waals surface area (Å²) in [6, 6.07) is 37.5. The maximum absolute atomic E-state index is 11.2. The topological polar surface area (TPSA) is 74.2 Å². The van der Waals surface area contributed by atoms with Crippen molar-refractivity contribution in [2.45, 2.75) is 13.8 Å². The first-order chi connectivity index (χ1) is 16.2. The first-order valence-electron chi connectivity index (χ1n) is 10.3. The number of amides is 1. The molecular weight excluding hydrogens is 624 g/mol. The van der Waals surface area contributed by atoms with Crippen molar-refractivity contribution in [2.75, 3.05) is 19.8 Å². The largest absolute Gasteiger partial charge is 0.599 e. The van der Waals surface area contributed by atoms with Crippen LogP contribution in [-0.2, 0) is 9.47 Å². The van der Waals surface area contributed by atoms with Crippen LogP contribution in [0.15, 0.2) is 109 Å². The Morgan fingerprint density at radius 2 is 1.21 bits per heavy atom. The van der Waals surface area contributed by atoms with Crippen LogP contribution in [-0.4, -0.2) is 64.2 Å².